The normalized spacial score (nSPS) is 10.5. The van der Waals surface area contributed by atoms with Gasteiger partial charge >= 0.3 is 0 Å². The number of hydrogen-bond acceptors (Lipinski definition) is 2. The monoisotopic (exact) mass is 389 g/mol. The van der Waals surface area contributed by atoms with Gasteiger partial charge in [-0.2, -0.15) is 5.10 Å². The summed E-state index contributed by atoms with van der Waals surface area (Å²) in [6.45, 7) is 0.442. The largest absolute Gasteiger partial charge is 0.348 e. The molecule has 1 aromatic heterocycles. The van der Waals surface area contributed by atoms with Gasteiger partial charge in [0.05, 0.1) is 11.3 Å². The Hall–Kier alpha value is -2.11. The lowest BCUT2D eigenvalue weighted by atomic mass is 10.2. The first-order chi connectivity index (χ1) is 11.1. The fourth-order valence-corrected chi connectivity index (χ4v) is 2.74. The topological polar surface area (TPSA) is 46.9 Å². The Morgan fingerprint density at radius 1 is 1.22 bits per heavy atom. The van der Waals surface area contributed by atoms with Gasteiger partial charge in [-0.05, 0) is 57.9 Å². The Morgan fingerprint density at radius 2 is 2.00 bits per heavy atom. The Morgan fingerprint density at radius 3 is 2.70 bits per heavy atom. The number of nitrogens with one attached hydrogen (secondary N) is 1. The number of rotatable bonds is 4. The van der Waals surface area contributed by atoms with E-state index in [0.29, 0.717) is 21.6 Å². The molecule has 3 rings (SSSR count). The van der Waals surface area contributed by atoms with Crippen LogP contribution in [0.1, 0.15) is 15.9 Å². The smallest absolute Gasteiger partial charge is 0.252 e. The second-order valence-electron chi connectivity index (χ2n) is 4.92. The van der Waals surface area contributed by atoms with Gasteiger partial charge in [-0.15, -0.1) is 0 Å². The quantitative estimate of drug-likeness (QED) is 0.725. The summed E-state index contributed by atoms with van der Waals surface area (Å²) < 4.78 is 2.50. The first-order valence-corrected chi connectivity index (χ1v) is 8.13. The van der Waals surface area contributed by atoms with E-state index in [0.717, 1.165) is 11.3 Å². The van der Waals surface area contributed by atoms with Gasteiger partial charge in [0, 0.05) is 28.4 Å². The predicted molar refractivity (Wildman–Crippen MR) is 93.9 cm³/mol. The van der Waals surface area contributed by atoms with E-state index in [4.69, 9.17) is 11.6 Å². The number of halogens is 2. The van der Waals surface area contributed by atoms with E-state index in [1.54, 1.807) is 29.1 Å². The Bertz CT molecular complexity index is 816. The molecule has 1 N–H and O–H groups in total. The van der Waals surface area contributed by atoms with Gasteiger partial charge in [0.15, 0.2) is 0 Å². The molecule has 1 amide bonds. The van der Waals surface area contributed by atoms with Crippen molar-refractivity contribution in [1.29, 1.82) is 0 Å². The van der Waals surface area contributed by atoms with Crippen LogP contribution in [-0.2, 0) is 6.54 Å². The molecule has 0 saturated heterocycles. The Balaban J connectivity index is 1.66. The van der Waals surface area contributed by atoms with Crippen molar-refractivity contribution < 1.29 is 4.79 Å². The molecule has 116 valence electrons. The highest BCUT2D eigenvalue weighted by atomic mass is 79.9. The van der Waals surface area contributed by atoms with E-state index in [1.807, 2.05) is 36.5 Å². The van der Waals surface area contributed by atoms with Crippen molar-refractivity contribution in [3.8, 4) is 5.69 Å². The number of carbonyl (C=O) groups is 1. The molecule has 1 heterocycles. The first-order valence-electron chi connectivity index (χ1n) is 6.96. The zero-order valence-electron chi connectivity index (χ0n) is 12.0. The molecule has 0 atom stereocenters. The molecular weight excluding hydrogens is 378 g/mol. The average Bonchev–Trinajstić information content (AvgIpc) is 3.10. The van der Waals surface area contributed by atoms with Crippen LogP contribution in [0.4, 0.5) is 0 Å². The summed E-state index contributed by atoms with van der Waals surface area (Å²) in [6, 6.07) is 14.9. The van der Waals surface area contributed by atoms with E-state index in [2.05, 4.69) is 26.3 Å². The number of amides is 1. The summed E-state index contributed by atoms with van der Waals surface area (Å²) in [5.41, 5.74) is 2.50. The molecule has 2 aromatic carbocycles. The standard InChI is InChI=1S/C17H13BrClN3O/c18-16-7-4-13(19)10-15(16)17(23)20-11-12-2-5-14(6-3-12)22-9-1-8-21-22/h1-10H,11H2,(H,20,23). The SMILES string of the molecule is O=C(NCc1ccc(-n2cccn2)cc1)c1cc(Cl)ccc1Br. The Labute approximate surface area is 147 Å². The maximum Gasteiger partial charge on any atom is 0.252 e. The van der Waals surface area contributed by atoms with Gasteiger partial charge in [-0.1, -0.05) is 23.7 Å². The second kappa shape index (κ2) is 6.98. The molecule has 23 heavy (non-hydrogen) atoms. The van der Waals surface area contributed by atoms with Crippen LogP contribution in [0, 0.1) is 0 Å². The number of carbonyl (C=O) groups excluding carboxylic acids is 1. The van der Waals surface area contributed by atoms with Crippen molar-refractivity contribution >= 4 is 33.4 Å². The highest BCUT2D eigenvalue weighted by molar-refractivity contribution is 9.10. The second-order valence-corrected chi connectivity index (χ2v) is 6.21. The van der Waals surface area contributed by atoms with Gasteiger partial charge in [0.25, 0.3) is 5.91 Å². The van der Waals surface area contributed by atoms with Crippen molar-refractivity contribution in [2.75, 3.05) is 0 Å². The molecule has 0 aliphatic carbocycles. The third-order valence-corrected chi connectivity index (χ3v) is 4.26. The van der Waals surface area contributed by atoms with Crippen LogP contribution in [0.15, 0.2) is 65.4 Å². The van der Waals surface area contributed by atoms with Crippen LogP contribution < -0.4 is 5.32 Å². The third-order valence-electron chi connectivity index (χ3n) is 3.33. The van der Waals surface area contributed by atoms with Gasteiger partial charge in [0.2, 0.25) is 0 Å². The van der Waals surface area contributed by atoms with Crippen molar-refractivity contribution in [3.05, 3.63) is 81.5 Å². The molecule has 0 aliphatic rings. The lowest BCUT2D eigenvalue weighted by Gasteiger charge is -2.08. The van der Waals surface area contributed by atoms with E-state index in [-0.39, 0.29) is 5.91 Å². The minimum absolute atomic E-state index is 0.171. The van der Waals surface area contributed by atoms with E-state index in [1.165, 1.54) is 0 Å². The van der Waals surface area contributed by atoms with Crippen LogP contribution in [0.5, 0.6) is 0 Å². The lowest BCUT2D eigenvalue weighted by molar-refractivity contribution is 0.0950. The van der Waals surface area contributed by atoms with Crippen LogP contribution in [-0.4, -0.2) is 15.7 Å². The van der Waals surface area contributed by atoms with Crippen molar-refractivity contribution in [2.24, 2.45) is 0 Å². The summed E-state index contributed by atoms with van der Waals surface area (Å²) in [4.78, 5) is 12.2. The molecule has 0 spiro atoms. The molecule has 0 unspecified atom stereocenters. The van der Waals surface area contributed by atoms with Crippen molar-refractivity contribution in [2.45, 2.75) is 6.54 Å². The van der Waals surface area contributed by atoms with Gasteiger partial charge < -0.3 is 5.32 Å². The van der Waals surface area contributed by atoms with E-state index < -0.39 is 0 Å². The van der Waals surface area contributed by atoms with E-state index >= 15 is 0 Å². The van der Waals surface area contributed by atoms with Crippen LogP contribution in [0.25, 0.3) is 5.69 Å². The highest BCUT2D eigenvalue weighted by Crippen LogP contribution is 2.21. The molecule has 0 radical (unpaired) electrons. The summed E-state index contributed by atoms with van der Waals surface area (Å²) in [5.74, 6) is -0.171. The van der Waals surface area contributed by atoms with E-state index in [9.17, 15) is 4.79 Å². The highest BCUT2D eigenvalue weighted by Gasteiger charge is 2.10. The average molecular weight is 391 g/mol. The molecule has 3 aromatic rings. The fourth-order valence-electron chi connectivity index (χ4n) is 2.14. The minimum atomic E-state index is -0.171. The van der Waals surface area contributed by atoms with Crippen LogP contribution >= 0.6 is 27.5 Å². The molecule has 4 nitrogen and oxygen atoms in total. The molecule has 6 heteroatoms. The number of aromatic nitrogens is 2. The van der Waals surface area contributed by atoms with Crippen molar-refractivity contribution in [3.63, 3.8) is 0 Å². The number of nitrogens with zero attached hydrogens (tertiary/aromatic N) is 2. The zero-order valence-corrected chi connectivity index (χ0v) is 14.4. The predicted octanol–water partition coefficient (Wildman–Crippen LogP) is 4.22. The summed E-state index contributed by atoms with van der Waals surface area (Å²) in [5, 5.41) is 7.59. The van der Waals surface area contributed by atoms with Gasteiger partial charge in [-0.25, -0.2) is 4.68 Å². The molecule has 0 bridgehead atoms. The zero-order chi connectivity index (χ0) is 16.2. The van der Waals surface area contributed by atoms with Crippen LogP contribution in [0.3, 0.4) is 0 Å². The number of hydrogen-bond donors (Lipinski definition) is 1. The van der Waals surface area contributed by atoms with Crippen LogP contribution in [0.2, 0.25) is 5.02 Å². The third kappa shape index (κ3) is 3.81. The summed E-state index contributed by atoms with van der Waals surface area (Å²) >= 11 is 9.29. The fraction of sp³-hybridized carbons (Fsp3) is 0.0588. The van der Waals surface area contributed by atoms with Gasteiger partial charge in [-0.3, -0.25) is 4.79 Å². The maximum absolute atomic E-state index is 12.2. The van der Waals surface area contributed by atoms with Crippen molar-refractivity contribution in [1.82, 2.24) is 15.1 Å². The summed E-state index contributed by atoms with van der Waals surface area (Å²) in [7, 11) is 0. The van der Waals surface area contributed by atoms with Gasteiger partial charge in [0.1, 0.15) is 0 Å². The lowest BCUT2D eigenvalue weighted by Crippen LogP contribution is -2.23. The maximum atomic E-state index is 12.2. The summed E-state index contributed by atoms with van der Waals surface area (Å²) in [6.07, 6.45) is 3.62. The Kier molecular flexibility index (Phi) is 4.79. The molecule has 0 aliphatic heterocycles. The first kappa shape index (κ1) is 15.8. The molecule has 0 fully saturated rings. The molecule has 0 saturated carbocycles. The minimum Gasteiger partial charge on any atom is -0.348 e. The molecular formula is C17H13BrClN3O. The number of benzene rings is 2.